The van der Waals surface area contributed by atoms with Crippen LogP contribution >= 0.6 is 0 Å². The van der Waals surface area contributed by atoms with Gasteiger partial charge in [-0.05, 0) is 12.5 Å². The lowest BCUT2D eigenvalue weighted by atomic mass is 10.2. The van der Waals surface area contributed by atoms with Crippen LogP contribution < -0.4 is 5.32 Å². The van der Waals surface area contributed by atoms with Gasteiger partial charge in [-0.1, -0.05) is 11.2 Å². The maximum absolute atomic E-state index is 5.34. The molecule has 1 N–H and O–H groups in total. The van der Waals surface area contributed by atoms with E-state index in [1.165, 1.54) is 0 Å². The first-order valence-corrected chi connectivity index (χ1v) is 4.83. The van der Waals surface area contributed by atoms with Crippen molar-refractivity contribution >= 4 is 6.08 Å². The number of aromatic nitrogens is 1. The summed E-state index contributed by atoms with van der Waals surface area (Å²) >= 11 is 0. The Labute approximate surface area is 82.9 Å². The van der Waals surface area contributed by atoms with Crippen molar-refractivity contribution in [3.05, 3.63) is 24.1 Å². The molecule has 1 unspecified atom stereocenters. The van der Waals surface area contributed by atoms with Crippen molar-refractivity contribution in [2.45, 2.75) is 12.5 Å². The molecule has 1 aliphatic rings. The standard InChI is InChI=1S/C10H14N2O2/c1(3-10-4-5-12-14-10)2-9-8-13-7-6-11-9/h1,3-5,9,11H,2,6-8H2/b3-1+. The van der Waals surface area contributed by atoms with Gasteiger partial charge in [0, 0.05) is 18.7 Å². The molecule has 1 aromatic rings. The molecule has 4 heteroatoms. The van der Waals surface area contributed by atoms with E-state index in [1.807, 2.05) is 12.1 Å². The minimum atomic E-state index is 0.433. The van der Waals surface area contributed by atoms with E-state index in [0.29, 0.717) is 6.04 Å². The summed E-state index contributed by atoms with van der Waals surface area (Å²) in [6, 6.07) is 2.27. The Hall–Kier alpha value is -1.13. The predicted molar refractivity (Wildman–Crippen MR) is 52.8 cm³/mol. The van der Waals surface area contributed by atoms with Gasteiger partial charge in [-0.25, -0.2) is 0 Å². The Morgan fingerprint density at radius 2 is 2.64 bits per heavy atom. The van der Waals surface area contributed by atoms with Crippen LogP contribution in [0.2, 0.25) is 0 Å². The van der Waals surface area contributed by atoms with Crippen LogP contribution in [0.1, 0.15) is 12.2 Å². The van der Waals surface area contributed by atoms with Gasteiger partial charge in [-0.3, -0.25) is 0 Å². The molecule has 0 radical (unpaired) electrons. The molecule has 0 spiro atoms. The van der Waals surface area contributed by atoms with Gasteiger partial charge in [0.2, 0.25) is 0 Å². The zero-order valence-corrected chi connectivity index (χ0v) is 7.98. The van der Waals surface area contributed by atoms with Crippen molar-refractivity contribution in [1.82, 2.24) is 10.5 Å². The number of hydrogen-bond donors (Lipinski definition) is 1. The molecular weight excluding hydrogens is 180 g/mol. The van der Waals surface area contributed by atoms with Gasteiger partial charge in [0.25, 0.3) is 0 Å². The van der Waals surface area contributed by atoms with E-state index in [4.69, 9.17) is 9.26 Å². The van der Waals surface area contributed by atoms with Gasteiger partial charge in [-0.15, -0.1) is 0 Å². The average Bonchev–Trinajstić information content (AvgIpc) is 2.72. The minimum Gasteiger partial charge on any atom is -0.379 e. The summed E-state index contributed by atoms with van der Waals surface area (Å²) in [5.74, 6) is 0.793. The van der Waals surface area contributed by atoms with Crippen LogP contribution in [0.5, 0.6) is 0 Å². The first-order valence-electron chi connectivity index (χ1n) is 4.83. The van der Waals surface area contributed by atoms with E-state index in [9.17, 15) is 0 Å². The number of morpholine rings is 1. The molecule has 14 heavy (non-hydrogen) atoms. The topological polar surface area (TPSA) is 47.3 Å². The number of rotatable bonds is 3. The Morgan fingerprint density at radius 3 is 3.36 bits per heavy atom. The Kier molecular flexibility index (Phi) is 3.32. The predicted octanol–water partition coefficient (Wildman–Crippen LogP) is 1.07. The largest absolute Gasteiger partial charge is 0.379 e. The molecular formula is C10H14N2O2. The fraction of sp³-hybridized carbons (Fsp3) is 0.500. The Balaban J connectivity index is 1.76. The Morgan fingerprint density at radius 1 is 1.64 bits per heavy atom. The Bertz CT molecular complexity index is 276. The van der Waals surface area contributed by atoms with E-state index in [0.717, 1.165) is 31.9 Å². The molecule has 0 bridgehead atoms. The molecule has 0 aliphatic carbocycles. The van der Waals surface area contributed by atoms with Crippen LogP contribution in [0.4, 0.5) is 0 Å². The van der Waals surface area contributed by atoms with Crippen molar-refractivity contribution in [3.63, 3.8) is 0 Å². The van der Waals surface area contributed by atoms with Crippen LogP contribution in [0, 0.1) is 0 Å². The second kappa shape index (κ2) is 4.93. The van der Waals surface area contributed by atoms with Gasteiger partial charge in [0.1, 0.15) is 0 Å². The summed E-state index contributed by atoms with van der Waals surface area (Å²) in [5.41, 5.74) is 0. The highest BCUT2D eigenvalue weighted by Crippen LogP contribution is 2.04. The quantitative estimate of drug-likeness (QED) is 0.781. The molecule has 0 aromatic carbocycles. The molecule has 1 aliphatic heterocycles. The van der Waals surface area contributed by atoms with Crippen molar-refractivity contribution in [1.29, 1.82) is 0 Å². The maximum atomic E-state index is 5.34. The monoisotopic (exact) mass is 194 g/mol. The number of hydrogen-bond acceptors (Lipinski definition) is 4. The average molecular weight is 194 g/mol. The molecule has 0 amide bonds. The molecule has 2 rings (SSSR count). The second-order valence-corrected chi connectivity index (χ2v) is 3.28. The van der Waals surface area contributed by atoms with E-state index in [-0.39, 0.29) is 0 Å². The highest BCUT2D eigenvalue weighted by atomic mass is 16.5. The normalized spacial score (nSPS) is 23.0. The third kappa shape index (κ3) is 2.68. The SMILES string of the molecule is C(=C\c1ccno1)/CC1COCCN1. The summed E-state index contributed by atoms with van der Waals surface area (Å²) in [6.07, 6.45) is 6.61. The summed E-state index contributed by atoms with van der Waals surface area (Å²) in [6.45, 7) is 2.56. The van der Waals surface area contributed by atoms with Gasteiger partial charge < -0.3 is 14.6 Å². The summed E-state index contributed by atoms with van der Waals surface area (Å²) < 4.78 is 10.3. The molecule has 0 saturated carbocycles. The van der Waals surface area contributed by atoms with Crippen molar-refractivity contribution in [3.8, 4) is 0 Å². The van der Waals surface area contributed by atoms with Crippen molar-refractivity contribution in [2.75, 3.05) is 19.8 Å². The number of nitrogens with zero attached hydrogens (tertiary/aromatic N) is 1. The molecule has 1 fully saturated rings. The molecule has 1 saturated heterocycles. The fourth-order valence-corrected chi connectivity index (χ4v) is 1.43. The fourth-order valence-electron chi connectivity index (χ4n) is 1.43. The van der Waals surface area contributed by atoms with Gasteiger partial charge in [0.05, 0.1) is 19.4 Å². The van der Waals surface area contributed by atoms with Crippen molar-refractivity contribution in [2.24, 2.45) is 0 Å². The molecule has 4 nitrogen and oxygen atoms in total. The van der Waals surface area contributed by atoms with Crippen LogP contribution in [-0.4, -0.2) is 31.0 Å². The zero-order chi connectivity index (χ0) is 9.64. The van der Waals surface area contributed by atoms with Crippen molar-refractivity contribution < 1.29 is 9.26 Å². The van der Waals surface area contributed by atoms with Gasteiger partial charge in [0.15, 0.2) is 5.76 Å². The van der Waals surface area contributed by atoms with E-state index >= 15 is 0 Å². The van der Waals surface area contributed by atoms with E-state index in [2.05, 4.69) is 16.5 Å². The van der Waals surface area contributed by atoms with E-state index < -0.39 is 0 Å². The third-order valence-corrected chi connectivity index (χ3v) is 2.16. The molecule has 1 aromatic heterocycles. The highest BCUT2D eigenvalue weighted by Gasteiger charge is 2.10. The number of ether oxygens (including phenoxy) is 1. The van der Waals surface area contributed by atoms with Gasteiger partial charge >= 0.3 is 0 Å². The second-order valence-electron chi connectivity index (χ2n) is 3.28. The van der Waals surface area contributed by atoms with Crippen LogP contribution in [0.15, 0.2) is 22.9 Å². The summed E-state index contributed by atoms with van der Waals surface area (Å²) in [7, 11) is 0. The minimum absolute atomic E-state index is 0.433. The van der Waals surface area contributed by atoms with Crippen LogP contribution in [-0.2, 0) is 4.74 Å². The third-order valence-electron chi connectivity index (χ3n) is 2.16. The zero-order valence-electron chi connectivity index (χ0n) is 7.98. The first-order chi connectivity index (χ1) is 6.95. The highest BCUT2D eigenvalue weighted by molar-refractivity contribution is 5.41. The molecule has 76 valence electrons. The molecule has 2 heterocycles. The number of nitrogens with one attached hydrogen (secondary N) is 1. The lowest BCUT2D eigenvalue weighted by molar-refractivity contribution is 0.0778. The maximum Gasteiger partial charge on any atom is 0.159 e. The lowest BCUT2D eigenvalue weighted by Gasteiger charge is -2.22. The van der Waals surface area contributed by atoms with E-state index in [1.54, 1.807) is 6.20 Å². The first kappa shape index (κ1) is 9.43. The van der Waals surface area contributed by atoms with Gasteiger partial charge in [-0.2, -0.15) is 0 Å². The smallest absolute Gasteiger partial charge is 0.159 e. The van der Waals surface area contributed by atoms with Crippen LogP contribution in [0.25, 0.3) is 6.08 Å². The van der Waals surface area contributed by atoms with Crippen LogP contribution in [0.3, 0.4) is 0 Å². The lowest BCUT2D eigenvalue weighted by Crippen LogP contribution is -2.40. The summed E-state index contributed by atoms with van der Waals surface area (Å²) in [4.78, 5) is 0. The summed E-state index contributed by atoms with van der Waals surface area (Å²) in [5, 5.41) is 7.00. The molecule has 1 atom stereocenters.